The van der Waals surface area contributed by atoms with Crippen molar-refractivity contribution in [3.8, 4) is 5.75 Å². The first-order valence-corrected chi connectivity index (χ1v) is 9.30. The van der Waals surface area contributed by atoms with Crippen molar-refractivity contribution in [2.45, 2.75) is 56.6 Å². The zero-order valence-corrected chi connectivity index (χ0v) is 13.8. The van der Waals surface area contributed by atoms with Crippen LogP contribution in [-0.4, -0.2) is 23.3 Å². The molecule has 1 spiro atoms. The summed E-state index contributed by atoms with van der Waals surface area (Å²) in [6.45, 7) is 0. The first-order chi connectivity index (χ1) is 11.7. The molecule has 24 heavy (non-hydrogen) atoms. The second-order valence-electron chi connectivity index (χ2n) is 8.01. The fourth-order valence-electron chi connectivity index (χ4n) is 5.49. The van der Waals surface area contributed by atoms with Crippen molar-refractivity contribution in [2.75, 3.05) is 0 Å². The molecule has 0 aromatic heterocycles. The van der Waals surface area contributed by atoms with Gasteiger partial charge in [-0.15, -0.1) is 0 Å². The fourth-order valence-corrected chi connectivity index (χ4v) is 5.49. The number of carbonyl (C=O) groups excluding carboxylic acids is 2. The number of para-hydroxylation sites is 1. The zero-order chi connectivity index (χ0) is 16.3. The minimum absolute atomic E-state index is 0.0532. The molecule has 126 valence electrons. The smallest absolute Gasteiger partial charge is 0.224 e. The first-order valence-electron chi connectivity index (χ1n) is 9.30. The van der Waals surface area contributed by atoms with Gasteiger partial charge in [0.1, 0.15) is 11.4 Å². The summed E-state index contributed by atoms with van der Waals surface area (Å²) < 4.78 is 6.35. The summed E-state index contributed by atoms with van der Waals surface area (Å²) >= 11 is 0. The van der Waals surface area contributed by atoms with Crippen LogP contribution in [0, 0.1) is 17.8 Å². The van der Waals surface area contributed by atoms with E-state index in [1.54, 1.807) is 0 Å². The minimum Gasteiger partial charge on any atom is -0.486 e. The summed E-state index contributed by atoms with van der Waals surface area (Å²) in [5.74, 6) is 1.75. The third-order valence-electron chi connectivity index (χ3n) is 6.64. The van der Waals surface area contributed by atoms with Gasteiger partial charge in [0.25, 0.3) is 0 Å². The van der Waals surface area contributed by atoms with Crippen LogP contribution in [0.25, 0.3) is 0 Å². The molecule has 1 aromatic carbocycles. The maximum Gasteiger partial charge on any atom is 0.224 e. The van der Waals surface area contributed by atoms with E-state index < -0.39 is 5.60 Å². The Hall–Kier alpha value is -1.84. The number of benzene rings is 1. The van der Waals surface area contributed by atoms with Crippen LogP contribution < -0.4 is 10.1 Å². The number of carbonyl (C=O) groups is 2. The van der Waals surface area contributed by atoms with Crippen molar-refractivity contribution in [3.63, 3.8) is 0 Å². The molecule has 0 radical (unpaired) electrons. The molecule has 0 unspecified atom stereocenters. The van der Waals surface area contributed by atoms with E-state index in [1.807, 2.05) is 24.3 Å². The normalized spacial score (nSPS) is 37.0. The van der Waals surface area contributed by atoms with Gasteiger partial charge < -0.3 is 10.1 Å². The quantitative estimate of drug-likeness (QED) is 0.909. The van der Waals surface area contributed by atoms with Crippen LogP contribution in [0.4, 0.5) is 0 Å². The molecule has 4 atom stereocenters. The van der Waals surface area contributed by atoms with Crippen molar-refractivity contribution in [1.82, 2.24) is 5.32 Å². The van der Waals surface area contributed by atoms with E-state index in [9.17, 15) is 9.59 Å². The average molecular weight is 325 g/mol. The van der Waals surface area contributed by atoms with Gasteiger partial charge in [-0.3, -0.25) is 9.59 Å². The number of hydrogen-bond donors (Lipinski definition) is 1. The lowest BCUT2D eigenvalue weighted by Gasteiger charge is -2.37. The first kappa shape index (κ1) is 14.5. The van der Waals surface area contributed by atoms with Crippen LogP contribution in [0.5, 0.6) is 5.75 Å². The fraction of sp³-hybridized carbons (Fsp3) is 0.600. The summed E-state index contributed by atoms with van der Waals surface area (Å²) in [6, 6.07) is 7.88. The lowest BCUT2D eigenvalue weighted by Crippen LogP contribution is -2.45. The summed E-state index contributed by atoms with van der Waals surface area (Å²) in [5.41, 5.74) is 0.257. The number of hydrogen-bond acceptors (Lipinski definition) is 3. The van der Waals surface area contributed by atoms with Gasteiger partial charge in [0.2, 0.25) is 5.91 Å². The molecular formula is C20H23NO3. The van der Waals surface area contributed by atoms with Crippen LogP contribution in [-0.2, 0) is 4.79 Å². The van der Waals surface area contributed by atoms with Crippen LogP contribution in [0.1, 0.15) is 55.3 Å². The molecule has 1 aromatic rings. The maximum absolute atomic E-state index is 12.7. The molecular weight excluding hydrogens is 302 g/mol. The van der Waals surface area contributed by atoms with E-state index in [0.29, 0.717) is 29.7 Å². The number of ether oxygens (including phenoxy) is 1. The van der Waals surface area contributed by atoms with Crippen molar-refractivity contribution >= 4 is 11.7 Å². The van der Waals surface area contributed by atoms with E-state index in [1.165, 1.54) is 12.8 Å². The van der Waals surface area contributed by atoms with Gasteiger partial charge in [0.05, 0.1) is 12.0 Å². The third-order valence-corrected chi connectivity index (χ3v) is 6.64. The molecule has 0 bridgehead atoms. The number of amides is 1. The van der Waals surface area contributed by atoms with Gasteiger partial charge in [0, 0.05) is 17.9 Å². The largest absolute Gasteiger partial charge is 0.486 e. The Morgan fingerprint density at radius 1 is 1.17 bits per heavy atom. The standard InChI is InChI=1S/C20H23NO3/c22-15-11-20(24-16-8-4-3-7-13(15)16)10-9-14-17(18(14)20)19(23)21-12-5-1-2-6-12/h3-4,7-8,12,14,17-18H,1-2,5-6,9-11H2,(H,21,23)/t14-,17-,18+,20+/m1/s1. The SMILES string of the molecule is O=C1C[C@]2(CC[C@@H]3[C@@H](C(=O)NC4CCCC4)[C@H]32)Oc2ccccc21. The Bertz CT molecular complexity index is 709. The van der Waals surface area contributed by atoms with Gasteiger partial charge in [-0.05, 0) is 43.7 Å². The van der Waals surface area contributed by atoms with Crippen molar-refractivity contribution in [3.05, 3.63) is 29.8 Å². The van der Waals surface area contributed by atoms with Crippen LogP contribution >= 0.6 is 0 Å². The summed E-state index contributed by atoms with van der Waals surface area (Å²) in [7, 11) is 0. The molecule has 1 heterocycles. The number of fused-ring (bicyclic) bond motifs is 3. The molecule has 1 aliphatic heterocycles. The van der Waals surface area contributed by atoms with E-state index in [4.69, 9.17) is 4.74 Å². The van der Waals surface area contributed by atoms with E-state index >= 15 is 0 Å². The van der Waals surface area contributed by atoms with Crippen LogP contribution in [0.3, 0.4) is 0 Å². The number of nitrogens with one attached hydrogen (secondary N) is 1. The van der Waals surface area contributed by atoms with Gasteiger partial charge in [0.15, 0.2) is 5.78 Å². The molecule has 3 saturated carbocycles. The molecule has 0 saturated heterocycles. The third kappa shape index (κ3) is 2.04. The molecule has 1 amide bonds. The van der Waals surface area contributed by atoms with Gasteiger partial charge in [-0.25, -0.2) is 0 Å². The Balaban J connectivity index is 1.35. The van der Waals surface area contributed by atoms with Crippen molar-refractivity contribution < 1.29 is 14.3 Å². The zero-order valence-electron chi connectivity index (χ0n) is 13.8. The second kappa shape index (κ2) is 5.08. The lowest BCUT2D eigenvalue weighted by molar-refractivity contribution is -0.124. The van der Waals surface area contributed by atoms with Crippen LogP contribution in [0.2, 0.25) is 0 Å². The highest BCUT2D eigenvalue weighted by atomic mass is 16.5. The number of ketones is 1. The van der Waals surface area contributed by atoms with Gasteiger partial charge in [-0.2, -0.15) is 0 Å². The highest BCUT2D eigenvalue weighted by molar-refractivity contribution is 6.00. The Labute approximate surface area is 142 Å². The highest BCUT2D eigenvalue weighted by Crippen LogP contribution is 2.65. The van der Waals surface area contributed by atoms with E-state index in [-0.39, 0.29) is 23.5 Å². The maximum atomic E-state index is 12.7. The molecule has 4 aliphatic rings. The highest BCUT2D eigenvalue weighted by Gasteiger charge is 2.70. The van der Waals surface area contributed by atoms with Crippen molar-refractivity contribution in [2.24, 2.45) is 17.8 Å². The molecule has 4 heteroatoms. The number of rotatable bonds is 2. The van der Waals surface area contributed by atoms with Gasteiger partial charge >= 0.3 is 0 Å². The molecule has 1 N–H and O–H groups in total. The molecule has 4 nitrogen and oxygen atoms in total. The number of Topliss-reactive ketones (excluding diaryl/α,β-unsaturated/α-hetero) is 1. The van der Waals surface area contributed by atoms with Gasteiger partial charge in [-0.1, -0.05) is 25.0 Å². The predicted molar refractivity (Wildman–Crippen MR) is 88.9 cm³/mol. The monoisotopic (exact) mass is 325 g/mol. The molecule has 3 fully saturated rings. The lowest BCUT2D eigenvalue weighted by atomic mass is 9.84. The molecule has 3 aliphatic carbocycles. The van der Waals surface area contributed by atoms with Crippen LogP contribution in [0.15, 0.2) is 24.3 Å². The topological polar surface area (TPSA) is 55.4 Å². The summed E-state index contributed by atoms with van der Waals surface area (Å²) in [5, 5.41) is 3.24. The average Bonchev–Trinajstić information content (AvgIpc) is 2.91. The predicted octanol–water partition coefficient (Wildman–Crippen LogP) is 3.11. The minimum atomic E-state index is -0.437. The Morgan fingerprint density at radius 3 is 2.79 bits per heavy atom. The van der Waals surface area contributed by atoms with Crippen molar-refractivity contribution in [1.29, 1.82) is 0 Å². The Kier molecular flexibility index (Phi) is 3.07. The molecule has 5 rings (SSSR count). The Morgan fingerprint density at radius 2 is 1.96 bits per heavy atom. The van der Waals surface area contributed by atoms with E-state index in [2.05, 4.69) is 5.32 Å². The summed E-state index contributed by atoms with van der Waals surface area (Å²) in [4.78, 5) is 25.3. The van der Waals surface area contributed by atoms with E-state index in [0.717, 1.165) is 25.7 Å². The summed E-state index contributed by atoms with van der Waals surface area (Å²) in [6.07, 6.45) is 7.00. The second-order valence-corrected chi connectivity index (χ2v) is 8.01.